The summed E-state index contributed by atoms with van der Waals surface area (Å²) in [4.78, 5) is 16.9. The van der Waals surface area contributed by atoms with Gasteiger partial charge in [0.05, 0.1) is 12.6 Å². The minimum atomic E-state index is -0.0548. The number of carbonyl (C=O) groups is 1. The van der Waals surface area contributed by atoms with Gasteiger partial charge in [-0.15, -0.1) is 11.3 Å². The largest absolute Gasteiger partial charge is 0.379 e. The van der Waals surface area contributed by atoms with Gasteiger partial charge in [-0.05, 0) is 44.2 Å². The Morgan fingerprint density at radius 3 is 2.86 bits per heavy atom. The van der Waals surface area contributed by atoms with E-state index in [1.54, 1.807) is 11.3 Å². The molecule has 2 unspecified atom stereocenters. The molecule has 2 heterocycles. The molecule has 0 bridgehead atoms. The summed E-state index contributed by atoms with van der Waals surface area (Å²) in [5, 5.41) is 3.46. The number of aryl methyl sites for hydroxylation is 1. The van der Waals surface area contributed by atoms with Crippen molar-refractivity contribution in [1.29, 1.82) is 0 Å². The van der Waals surface area contributed by atoms with Crippen LogP contribution in [0.2, 0.25) is 0 Å². The van der Waals surface area contributed by atoms with Crippen molar-refractivity contribution in [2.45, 2.75) is 45.3 Å². The number of rotatable bonds is 7. The molecule has 1 saturated heterocycles. The first-order chi connectivity index (χ1) is 10.2. The van der Waals surface area contributed by atoms with Gasteiger partial charge in [0.1, 0.15) is 6.17 Å². The first-order valence-electron chi connectivity index (χ1n) is 7.89. The number of nitrogens with zero attached hydrogens (tertiary/aromatic N) is 1. The highest BCUT2D eigenvalue weighted by Gasteiger charge is 2.38. The molecule has 21 heavy (non-hydrogen) atoms. The predicted molar refractivity (Wildman–Crippen MR) is 84.3 cm³/mol. The van der Waals surface area contributed by atoms with E-state index in [1.807, 2.05) is 4.90 Å². The van der Waals surface area contributed by atoms with Crippen LogP contribution in [0.4, 0.5) is 0 Å². The Morgan fingerprint density at radius 1 is 1.43 bits per heavy atom. The highest BCUT2D eigenvalue weighted by molar-refractivity contribution is 7.12. The Hall–Kier alpha value is -0.910. The van der Waals surface area contributed by atoms with Crippen molar-refractivity contribution >= 4 is 17.2 Å². The minimum Gasteiger partial charge on any atom is -0.379 e. The molecule has 2 aliphatic rings. The lowest BCUT2D eigenvalue weighted by atomic mass is 10.2. The van der Waals surface area contributed by atoms with E-state index in [1.165, 1.54) is 22.6 Å². The van der Waals surface area contributed by atoms with Gasteiger partial charge < -0.3 is 9.64 Å². The highest BCUT2D eigenvalue weighted by Crippen LogP contribution is 2.31. The van der Waals surface area contributed by atoms with Gasteiger partial charge in [0.2, 0.25) is 5.91 Å². The molecule has 1 aromatic rings. The first-order valence-corrected chi connectivity index (χ1v) is 8.71. The fourth-order valence-electron chi connectivity index (χ4n) is 2.74. The lowest BCUT2D eigenvalue weighted by Crippen LogP contribution is -2.33. The number of hydrogen-bond acceptors (Lipinski definition) is 4. The third kappa shape index (κ3) is 3.47. The van der Waals surface area contributed by atoms with Crippen LogP contribution in [0, 0.1) is 12.8 Å². The Kier molecular flexibility index (Phi) is 4.62. The quantitative estimate of drug-likeness (QED) is 0.788. The van der Waals surface area contributed by atoms with Crippen molar-refractivity contribution in [3.05, 3.63) is 21.9 Å². The third-order valence-corrected chi connectivity index (χ3v) is 5.27. The van der Waals surface area contributed by atoms with Crippen LogP contribution in [-0.4, -0.2) is 36.6 Å². The number of amides is 1. The fourth-order valence-corrected chi connectivity index (χ4v) is 3.70. The maximum atomic E-state index is 12.5. The number of hydrogen-bond donors (Lipinski definition) is 1. The molecule has 116 valence electrons. The van der Waals surface area contributed by atoms with Crippen LogP contribution in [0.15, 0.2) is 12.1 Å². The summed E-state index contributed by atoms with van der Waals surface area (Å²) in [5.41, 5.74) is 0. The lowest BCUT2D eigenvalue weighted by molar-refractivity contribution is -0.130. The smallest absolute Gasteiger partial charge is 0.241 e. The lowest BCUT2D eigenvalue weighted by Gasteiger charge is -2.23. The Labute approximate surface area is 130 Å². The van der Waals surface area contributed by atoms with E-state index in [0.717, 1.165) is 18.9 Å². The molecular weight excluding hydrogens is 284 g/mol. The van der Waals surface area contributed by atoms with Crippen molar-refractivity contribution in [2.75, 3.05) is 19.8 Å². The molecular formula is C16H24N2O2S. The Morgan fingerprint density at radius 2 is 2.24 bits per heavy atom. The Balaban J connectivity index is 1.62. The van der Waals surface area contributed by atoms with E-state index in [0.29, 0.717) is 13.2 Å². The highest BCUT2D eigenvalue weighted by atomic mass is 32.1. The first kappa shape index (κ1) is 15.0. The summed E-state index contributed by atoms with van der Waals surface area (Å²) >= 11 is 1.76. The van der Waals surface area contributed by atoms with Crippen molar-refractivity contribution in [3.63, 3.8) is 0 Å². The van der Waals surface area contributed by atoms with Crippen molar-refractivity contribution in [2.24, 2.45) is 5.92 Å². The molecule has 1 N–H and O–H groups in total. The topological polar surface area (TPSA) is 41.6 Å². The Bertz CT molecular complexity index is 498. The molecule has 3 rings (SSSR count). The maximum Gasteiger partial charge on any atom is 0.241 e. The average molecular weight is 308 g/mol. The summed E-state index contributed by atoms with van der Waals surface area (Å²) in [5.74, 6) is 0.986. The fraction of sp³-hybridized carbons (Fsp3) is 0.688. The molecule has 1 aromatic heterocycles. The van der Waals surface area contributed by atoms with Crippen LogP contribution >= 0.6 is 11.3 Å². The van der Waals surface area contributed by atoms with E-state index in [9.17, 15) is 4.79 Å². The van der Waals surface area contributed by atoms with E-state index in [4.69, 9.17) is 4.74 Å². The van der Waals surface area contributed by atoms with Gasteiger partial charge in [-0.25, -0.2) is 0 Å². The van der Waals surface area contributed by atoms with Crippen molar-refractivity contribution < 1.29 is 9.53 Å². The van der Waals surface area contributed by atoms with Crippen molar-refractivity contribution in [1.82, 2.24) is 10.2 Å². The van der Waals surface area contributed by atoms with Crippen molar-refractivity contribution in [3.8, 4) is 0 Å². The third-order valence-electron chi connectivity index (χ3n) is 4.22. The van der Waals surface area contributed by atoms with Crippen LogP contribution in [0.1, 0.15) is 42.1 Å². The van der Waals surface area contributed by atoms with Gasteiger partial charge in [0, 0.05) is 22.9 Å². The second-order valence-electron chi connectivity index (χ2n) is 6.03. The van der Waals surface area contributed by atoms with E-state index in [2.05, 4.69) is 31.3 Å². The maximum absolute atomic E-state index is 12.5. The molecule has 1 saturated carbocycles. The van der Waals surface area contributed by atoms with Crippen LogP contribution in [0.5, 0.6) is 0 Å². The molecule has 5 heteroatoms. The zero-order valence-corrected chi connectivity index (χ0v) is 13.6. The molecule has 2 atom stereocenters. The molecule has 0 radical (unpaired) electrons. The SMILES string of the molecule is CCC1NC(c2ccc(C)s2)N(CCOCC2CC2)C1=O. The van der Waals surface area contributed by atoms with E-state index < -0.39 is 0 Å². The van der Waals surface area contributed by atoms with Crippen LogP contribution < -0.4 is 5.32 Å². The zero-order valence-electron chi connectivity index (χ0n) is 12.8. The zero-order chi connectivity index (χ0) is 14.8. The van der Waals surface area contributed by atoms with Gasteiger partial charge in [-0.2, -0.15) is 0 Å². The summed E-state index contributed by atoms with van der Waals surface area (Å²) < 4.78 is 5.71. The standard InChI is InChI=1S/C16H24N2O2S/c1-3-13-16(19)18(8-9-20-10-12-5-6-12)15(17-13)14-7-4-11(2)21-14/h4,7,12-13,15,17H,3,5-6,8-10H2,1-2H3. The van der Waals surface area contributed by atoms with Gasteiger partial charge in [0.25, 0.3) is 0 Å². The van der Waals surface area contributed by atoms with Gasteiger partial charge >= 0.3 is 0 Å². The molecule has 1 amide bonds. The molecule has 1 aliphatic heterocycles. The molecule has 2 fully saturated rings. The summed E-state index contributed by atoms with van der Waals surface area (Å²) in [6.07, 6.45) is 3.46. The normalized spacial score (nSPS) is 25.8. The second-order valence-corrected chi connectivity index (χ2v) is 7.35. The van der Waals surface area contributed by atoms with Crippen LogP contribution in [-0.2, 0) is 9.53 Å². The number of ether oxygens (including phenoxy) is 1. The van der Waals surface area contributed by atoms with Gasteiger partial charge in [-0.1, -0.05) is 6.92 Å². The summed E-state index contributed by atoms with van der Waals surface area (Å²) in [6, 6.07) is 4.19. The second kappa shape index (κ2) is 6.46. The van der Waals surface area contributed by atoms with Gasteiger partial charge in [-0.3, -0.25) is 10.1 Å². The average Bonchev–Trinajstić information content (AvgIpc) is 3.12. The molecule has 0 spiro atoms. The van der Waals surface area contributed by atoms with E-state index in [-0.39, 0.29) is 18.1 Å². The minimum absolute atomic E-state index is 0.0191. The van der Waals surface area contributed by atoms with Crippen LogP contribution in [0.25, 0.3) is 0 Å². The predicted octanol–water partition coefficient (Wildman–Crippen LogP) is 2.69. The summed E-state index contributed by atoms with van der Waals surface area (Å²) in [7, 11) is 0. The molecule has 0 aromatic carbocycles. The van der Waals surface area contributed by atoms with Gasteiger partial charge in [0.15, 0.2) is 0 Å². The summed E-state index contributed by atoms with van der Waals surface area (Å²) in [6.45, 7) is 6.33. The van der Waals surface area contributed by atoms with E-state index >= 15 is 0 Å². The number of thiophene rings is 1. The molecule has 4 nitrogen and oxygen atoms in total. The van der Waals surface area contributed by atoms with Crippen LogP contribution in [0.3, 0.4) is 0 Å². The molecule has 1 aliphatic carbocycles. The monoisotopic (exact) mass is 308 g/mol. The number of nitrogens with one attached hydrogen (secondary N) is 1. The number of carbonyl (C=O) groups excluding carboxylic acids is 1.